The Morgan fingerprint density at radius 1 is 1.15 bits per heavy atom. The Morgan fingerprint density at radius 3 is 2.79 bits per heavy atom. The van der Waals surface area contributed by atoms with Crippen LogP contribution in [0.3, 0.4) is 0 Å². The minimum atomic E-state index is 0.120. The number of anilines is 2. The third-order valence-corrected chi connectivity index (χ3v) is 7.42. The van der Waals surface area contributed by atoms with Crippen LogP contribution in [0.15, 0.2) is 53.5 Å². The summed E-state index contributed by atoms with van der Waals surface area (Å²) in [5.74, 6) is 2.57. The molecule has 2 atom stereocenters. The molecule has 1 fully saturated rings. The summed E-state index contributed by atoms with van der Waals surface area (Å²) in [6.45, 7) is 0.723. The van der Waals surface area contributed by atoms with E-state index in [1.807, 2.05) is 48.5 Å². The van der Waals surface area contributed by atoms with Crippen molar-refractivity contribution in [1.29, 1.82) is 0 Å². The van der Waals surface area contributed by atoms with Crippen LogP contribution in [0.1, 0.15) is 36.0 Å². The van der Waals surface area contributed by atoms with Crippen LogP contribution in [0.4, 0.5) is 17.5 Å². The smallest absolute Gasteiger partial charge is 0.223 e. The first-order valence-corrected chi connectivity index (χ1v) is 12.7. The molecule has 176 valence electrons. The van der Waals surface area contributed by atoms with Gasteiger partial charge in [-0.05, 0) is 54.5 Å². The van der Waals surface area contributed by atoms with Crippen molar-refractivity contribution in [2.45, 2.75) is 37.7 Å². The van der Waals surface area contributed by atoms with Crippen molar-refractivity contribution < 1.29 is 9.84 Å². The highest BCUT2D eigenvalue weighted by atomic mass is 35.5. The summed E-state index contributed by atoms with van der Waals surface area (Å²) in [5, 5.41) is 14.0. The van der Waals surface area contributed by atoms with Crippen molar-refractivity contribution in [3.8, 4) is 5.75 Å². The fourth-order valence-electron chi connectivity index (χ4n) is 4.34. The molecule has 0 bridgehead atoms. The summed E-state index contributed by atoms with van der Waals surface area (Å²) in [4.78, 5) is 13.5. The van der Waals surface area contributed by atoms with E-state index in [4.69, 9.17) is 27.1 Å². The van der Waals surface area contributed by atoms with E-state index in [0.717, 1.165) is 52.6 Å². The lowest BCUT2D eigenvalue weighted by molar-refractivity contribution is 0.229. The molecule has 1 saturated carbocycles. The molecule has 0 radical (unpaired) electrons. The van der Waals surface area contributed by atoms with Gasteiger partial charge in [0.2, 0.25) is 5.95 Å². The van der Waals surface area contributed by atoms with Crippen molar-refractivity contribution >= 4 is 45.9 Å². The molecule has 5 rings (SSSR count). The van der Waals surface area contributed by atoms with Gasteiger partial charge >= 0.3 is 0 Å². The van der Waals surface area contributed by atoms with Gasteiger partial charge in [0.15, 0.2) is 0 Å². The number of aliphatic hydroxyl groups excluding tert-OH is 1. The van der Waals surface area contributed by atoms with E-state index >= 15 is 0 Å². The number of aliphatic hydroxyl groups is 1. The molecule has 0 amide bonds. The Kier molecular flexibility index (Phi) is 6.89. The number of aliphatic imine (C=N–C) groups is 1. The first-order chi connectivity index (χ1) is 16.6. The Balaban J connectivity index is 1.37. The SMILES string of the molecule is Nc1nc(Cl)c(C2=Nc3ccc(OCc4ccccc4)cc3CS2)c(NC2CCC(CO)C2)n1. The number of fused-ring (bicyclic) bond motifs is 1. The molecule has 2 unspecified atom stereocenters. The lowest BCUT2D eigenvalue weighted by Gasteiger charge is -2.21. The van der Waals surface area contributed by atoms with Gasteiger partial charge in [-0.2, -0.15) is 4.98 Å². The van der Waals surface area contributed by atoms with Crippen LogP contribution in [0, 0.1) is 5.92 Å². The maximum Gasteiger partial charge on any atom is 0.223 e. The van der Waals surface area contributed by atoms with Gasteiger partial charge in [-0.25, -0.2) is 9.98 Å². The Bertz CT molecular complexity index is 1210. The average molecular weight is 496 g/mol. The normalized spacial score (nSPS) is 19.4. The van der Waals surface area contributed by atoms with Crippen molar-refractivity contribution in [3.63, 3.8) is 0 Å². The van der Waals surface area contributed by atoms with Crippen LogP contribution in [-0.4, -0.2) is 32.8 Å². The summed E-state index contributed by atoms with van der Waals surface area (Å²) in [6.07, 6.45) is 2.82. The van der Waals surface area contributed by atoms with Crippen LogP contribution in [0.5, 0.6) is 5.75 Å². The number of thioether (sulfide) groups is 1. The Hall–Kier alpha value is -2.81. The lowest BCUT2D eigenvalue weighted by atomic mass is 10.1. The first kappa shape index (κ1) is 23.0. The van der Waals surface area contributed by atoms with Gasteiger partial charge in [0.1, 0.15) is 28.4 Å². The summed E-state index contributed by atoms with van der Waals surface area (Å²) in [7, 11) is 0. The largest absolute Gasteiger partial charge is 0.489 e. The van der Waals surface area contributed by atoms with Crippen molar-refractivity contribution in [1.82, 2.24) is 9.97 Å². The highest BCUT2D eigenvalue weighted by Gasteiger charge is 2.28. The molecule has 7 nitrogen and oxygen atoms in total. The molecule has 1 aliphatic heterocycles. The van der Waals surface area contributed by atoms with Crippen LogP contribution in [-0.2, 0) is 12.4 Å². The molecular weight excluding hydrogens is 470 g/mol. The van der Waals surface area contributed by atoms with E-state index in [2.05, 4.69) is 15.3 Å². The van der Waals surface area contributed by atoms with E-state index in [1.54, 1.807) is 11.8 Å². The second kappa shape index (κ2) is 10.2. The lowest BCUT2D eigenvalue weighted by Crippen LogP contribution is -2.21. The number of halogens is 1. The zero-order valence-corrected chi connectivity index (χ0v) is 20.1. The Labute approximate surface area is 207 Å². The van der Waals surface area contributed by atoms with Gasteiger partial charge in [-0.1, -0.05) is 41.9 Å². The number of nitrogens with one attached hydrogen (secondary N) is 1. The topological polar surface area (TPSA) is 106 Å². The van der Waals surface area contributed by atoms with Crippen molar-refractivity contribution in [2.75, 3.05) is 17.7 Å². The third kappa shape index (κ3) is 5.14. The summed E-state index contributed by atoms with van der Waals surface area (Å²) in [5.41, 5.74) is 9.67. The van der Waals surface area contributed by atoms with Gasteiger partial charge in [0.05, 0.1) is 11.3 Å². The molecule has 34 heavy (non-hydrogen) atoms. The second-order valence-electron chi connectivity index (χ2n) is 8.57. The minimum Gasteiger partial charge on any atom is -0.489 e. The number of aromatic nitrogens is 2. The molecule has 1 aromatic heterocycles. The van der Waals surface area contributed by atoms with Gasteiger partial charge in [0, 0.05) is 18.4 Å². The molecule has 2 aromatic carbocycles. The predicted octanol–water partition coefficient (Wildman–Crippen LogP) is 5.19. The number of rotatable bonds is 7. The fraction of sp³-hybridized carbons (Fsp3) is 0.320. The quantitative estimate of drug-likeness (QED) is 0.387. The highest BCUT2D eigenvalue weighted by Crippen LogP contribution is 2.39. The predicted molar refractivity (Wildman–Crippen MR) is 138 cm³/mol. The molecule has 0 spiro atoms. The summed E-state index contributed by atoms with van der Waals surface area (Å²) in [6, 6.07) is 16.2. The standard InChI is InChI=1S/C25H26ClN5O2S/c26-22-21(23(31-25(27)30-22)28-18-7-6-16(10-18)12-32)24-29-20-9-8-19(11-17(20)14-34-24)33-13-15-4-2-1-3-5-15/h1-5,8-9,11,16,18,32H,6-7,10,12-14H2,(H3,27,28,30,31). The molecule has 3 aromatic rings. The number of hydrogen-bond donors (Lipinski definition) is 3. The molecule has 4 N–H and O–H groups in total. The van der Waals surface area contributed by atoms with E-state index in [9.17, 15) is 5.11 Å². The maximum atomic E-state index is 9.47. The van der Waals surface area contributed by atoms with Gasteiger partial charge in [-0.3, -0.25) is 0 Å². The number of benzene rings is 2. The summed E-state index contributed by atoms with van der Waals surface area (Å²) >= 11 is 8.12. The van der Waals surface area contributed by atoms with Crippen molar-refractivity contribution in [3.05, 3.63) is 70.4 Å². The molecule has 1 aliphatic carbocycles. The molecular formula is C25H26ClN5O2S. The minimum absolute atomic E-state index is 0.120. The van der Waals surface area contributed by atoms with Crippen molar-refractivity contribution in [2.24, 2.45) is 10.9 Å². The van der Waals surface area contributed by atoms with E-state index in [-0.39, 0.29) is 23.8 Å². The number of ether oxygens (including phenoxy) is 1. The molecule has 0 saturated heterocycles. The average Bonchev–Trinajstić information content (AvgIpc) is 3.30. The van der Waals surface area contributed by atoms with Crippen LogP contribution < -0.4 is 15.8 Å². The van der Waals surface area contributed by atoms with Gasteiger partial charge in [-0.15, -0.1) is 11.8 Å². The van der Waals surface area contributed by atoms with Crippen LogP contribution in [0.2, 0.25) is 5.15 Å². The molecule has 2 aliphatic rings. The number of nitrogens with zero attached hydrogens (tertiary/aromatic N) is 3. The molecule has 2 heterocycles. The number of hydrogen-bond acceptors (Lipinski definition) is 8. The second-order valence-corrected chi connectivity index (χ2v) is 9.89. The summed E-state index contributed by atoms with van der Waals surface area (Å²) < 4.78 is 5.97. The zero-order chi connectivity index (χ0) is 23.5. The highest BCUT2D eigenvalue weighted by molar-refractivity contribution is 8.13. The van der Waals surface area contributed by atoms with Gasteiger partial charge < -0.3 is 20.9 Å². The monoisotopic (exact) mass is 495 g/mol. The maximum absolute atomic E-state index is 9.47. The van der Waals surface area contributed by atoms with E-state index in [0.29, 0.717) is 23.9 Å². The van der Waals surface area contributed by atoms with Crippen LogP contribution in [0.25, 0.3) is 0 Å². The Morgan fingerprint density at radius 2 is 2.00 bits per heavy atom. The zero-order valence-electron chi connectivity index (χ0n) is 18.6. The van der Waals surface area contributed by atoms with E-state index in [1.165, 1.54) is 0 Å². The number of nitrogen functional groups attached to an aromatic ring is 1. The van der Waals surface area contributed by atoms with Crippen LogP contribution >= 0.6 is 23.4 Å². The van der Waals surface area contributed by atoms with Gasteiger partial charge in [0.25, 0.3) is 0 Å². The molecule has 9 heteroatoms. The first-order valence-electron chi connectivity index (χ1n) is 11.3. The third-order valence-electron chi connectivity index (χ3n) is 6.12. The van der Waals surface area contributed by atoms with E-state index < -0.39 is 0 Å². The number of nitrogens with two attached hydrogens (primary N) is 1. The fourth-order valence-corrected chi connectivity index (χ4v) is 5.69.